The molecule has 0 bridgehead atoms. The average molecular weight is 1330 g/mol. The Bertz CT molecular complexity index is 1740. The van der Waals surface area contributed by atoms with Gasteiger partial charge in [0.15, 0.2) is 12.2 Å². The third-order valence-electron chi connectivity index (χ3n) is 16.5. The quantitative estimate of drug-likeness (QED) is 0.0222. The van der Waals surface area contributed by atoms with Crippen LogP contribution in [-0.2, 0) is 65.4 Å². The molecule has 19 heteroatoms. The van der Waals surface area contributed by atoms with Crippen LogP contribution in [0.2, 0.25) is 0 Å². The molecule has 0 heterocycles. The Hall–Kier alpha value is -1.94. The van der Waals surface area contributed by atoms with Crippen LogP contribution < -0.4 is 0 Å². The van der Waals surface area contributed by atoms with Gasteiger partial charge in [0, 0.05) is 25.7 Å². The zero-order valence-electron chi connectivity index (χ0n) is 58.3. The third-order valence-corrected chi connectivity index (χ3v) is 18.4. The molecule has 0 aromatic heterocycles. The van der Waals surface area contributed by atoms with Crippen LogP contribution >= 0.6 is 15.6 Å². The van der Waals surface area contributed by atoms with E-state index in [0.717, 1.165) is 95.8 Å². The minimum atomic E-state index is -4.95. The van der Waals surface area contributed by atoms with Crippen molar-refractivity contribution in [3.05, 3.63) is 0 Å². The van der Waals surface area contributed by atoms with E-state index in [2.05, 4.69) is 34.6 Å². The van der Waals surface area contributed by atoms with Crippen molar-refractivity contribution in [3.63, 3.8) is 0 Å². The van der Waals surface area contributed by atoms with E-state index < -0.39 is 97.5 Å². The molecular weight excluding hydrogens is 1190 g/mol. The molecule has 0 aliphatic carbocycles. The van der Waals surface area contributed by atoms with Crippen molar-refractivity contribution in [2.45, 2.75) is 387 Å². The molecule has 0 saturated carbocycles. The van der Waals surface area contributed by atoms with Crippen molar-refractivity contribution in [3.8, 4) is 0 Å². The zero-order chi connectivity index (χ0) is 66.3. The molecule has 0 aromatic rings. The van der Waals surface area contributed by atoms with E-state index in [1.54, 1.807) is 0 Å². The third kappa shape index (κ3) is 64.8. The van der Waals surface area contributed by atoms with Gasteiger partial charge in [0.2, 0.25) is 0 Å². The summed E-state index contributed by atoms with van der Waals surface area (Å²) in [7, 11) is -9.90. The Morgan fingerprint density at radius 1 is 0.300 bits per heavy atom. The SMILES string of the molecule is CCCCCCCCCCCCCCC(=O)OC[C@H](COP(=O)(O)OC[C@@H](O)COP(=O)(O)OC[C@@H](COC(=O)CCCCCCCCCCCCC)OC(=O)CCCCCCCCCCCCCC)OC(=O)CCCCCCCCCCCCCCC(C)C. The molecular formula is C71H138O17P2. The van der Waals surface area contributed by atoms with Gasteiger partial charge in [-0.15, -0.1) is 0 Å². The van der Waals surface area contributed by atoms with Gasteiger partial charge >= 0.3 is 39.5 Å². The highest BCUT2D eigenvalue weighted by Crippen LogP contribution is 2.45. The Labute approximate surface area is 549 Å². The first kappa shape index (κ1) is 88.1. The number of hydrogen-bond donors (Lipinski definition) is 3. The molecule has 0 aliphatic rings. The van der Waals surface area contributed by atoms with Gasteiger partial charge in [0.1, 0.15) is 19.3 Å². The number of carbonyl (C=O) groups is 4. The van der Waals surface area contributed by atoms with Crippen LogP contribution in [0, 0.1) is 5.92 Å². The lowest BCUT2D eigenvalue weighted by Gasteiger charge is -2.21. The largest absolute Gasteiger partial charge is 0.472 e. The van der Waals surface area contributed by atoms with E-state index in [4.69, 9.17) is 37.0 Å². The Morgan fingerprint density at radius 3 is 0.756 bits per heavy atom. The number of rotatable bonds is 71. The maximum absolute atomic E-state index is 13.0. The molecule has 0 saturated heterocycles. The molecule has 0 radical (unpaired) electrons. The lowest BCUT2D eigenvalue weighted by molar-refractivity contribution is -0.161. The molecule has 0 aliphatic heterocycles. The summed E-state index contributed by atoms with van der Waals surface area (Å²) in [6.07, 6.45) is 51.1. The van der Waals surface area contributed by atoms with Crippen molar-refractivity contribution in [2.24, 2.45) is 5.92 Å². The Balaban J connectivity index is 5.25. The predicted octanol–water partition coefficient (Wildman–Crippen LogP) is 20.5. The van der Waals surface area contributed by atoms with Gasteiger partial charge in [0.05, 0.1) is 26.4 Å². The van der Waals surface area contributed by atoms with Crippen LogP contribution in [0.5, 0.6) is 0 Å². The van der Waals surface area contributed by atoms with Crippen LogP contribution in [0.1, 0.15) is 369 Å². The zero-order valence-corrected chi connectivity index (χ0v) is 60.1. The molecule has 2 unspecified atom stereocenters. The second-order valence-electron chi connectivity index (χ2n) is 26.1. The lowest BCUT2D eigenvalue weighted by Crippen LogP contribution is -2.30. The van der Waals surface area contributed by atoms with Gasteiger partial charge in [0.25, 0.3) is 0 Å². The molecule has 0 fully saturated rings. The highest BCUT2D eigenvalue weighted by molar-refractivity contribution is 7.47. The first-order valence-electron chi connectivity index (χ1n) is 37.1. The smallest absolute Gasteiger partial charge is 0.462 e. The van der Waals surface area contributed by atoms with Crippen LogP contribution in [0.15, 0.2) is 0 Å². The van der Waals surface area contributed by atoms with E-state index in [0.29, 0.717) is 25.7 Å². The summed E-state index contributed by atoms with van der Waals surface area (Å²) in [4.78, 5) is 72.6. The van der Waals surface area contributed by atoms with Crippen LogP contribution in [0.25, 0.3) is 0 Å². The van der Waals surface area contributed by atoms with Crippen molar-refractivity contribution in [2.75, 3.05) is 39.6 Å². The molecule has 3 N–H and O–H groups in total. The molecule has 0 amide bonds. The summed E-state index contributed by atoms with van der Waals surface area (Å²) < 4.78 is 68.3. The van der Waals surface area contributed by atoms with Gasteiger partial charge < -0.3 is 33.8 Å². The topological polar surface area (TPSA) is 237 Å². The van der Waals surface area contributed by atoms with Crippen molar-refractivity contribution >= 4 is 39.5 Å². The fourth-order valence-corrected chi connectivity index (χ4v) is 12.4. The highest BCUT2D eigenvalue weighted by Gasteiger charge is 2.30. The number of hydrogen-bond acceptors (Lipinski definition) is 15. The highest BCUT2D eigenvalue weighted by atomic mass is 31.2. The number of aliphatic hydroxyl groups is 1. The number of phosphoric ester groups is 2. The van der Waals surface area contributed by atoms with E-state index in [1.165, 1.54) is 193 Å². The predicted molar refractivity (Wildman–Crippen MR) is 363 cm³/mol. The minimum absolute atomic E-state index is 0.107. The van der Waals surface area contributed by atoms with Crippen molar-refractivity contribution in [1.82, 2.24) is 0 Å². The number of phosphoric acid groups is 2. The van der Waals surface area contributed by atoms with Crippen molar-refractivity contribution < 1.29 is 80.2 Å². The van der Waals surface area contributed by atoms with Crippen LogP contribution in [-0.4, -0.2) is 96.7 Å². The standard InChI is InChI=1S/C71H138O17P2/c1-6-9-12-15-18-21-24-30-35-40-45-50-55-69(74)82-61-67(88-71(76)57-52-47-42-37-32-27-26-29-33-38-43-48-53-64(4)5)63-86-90(79,80)84-59-65(72)58-83-89(77,78)85-62-66(60-81-68(73)54-49-44-39-34-28-23-20-17-14-11-8-3)87-70(75)56-51-46-41-36-31-25-22-19-16-13-10-7-2/h64-67,72H,6-63H2,1-5H3,(H,77,78)(H,79,80)/t65-,66+,67+/m0/s1. The van der Waals surface area contributed by atoms with Crippen LogP contribution in [0.3, 0.4) is 0 Å². The summed E-state index contributed by atoms with van der Waals surface area (Å²) in [5, 5.41) is 10.6. The summed E-state index contributed by atoms with van der Waals surface area (Å²) in [6, 6.07) is 0. The number of ether oxygens (including phenoxy) is 4. The summed E-state index contributed by atoms with van der Waals surface area (Å²) in [6.45, 7) is 7.27. The summed E-state index contributed by atoms with van der Waals surface area (Å²) in [5.41, 5.74) is 0. The molecule has 534 valence electrons. The van der Waals surface area contributed by atoms with Gasteiger partial charge in [-0.2, -0.15) is 0 Å². The monoisotopic (exact) mass is 1320 g/mol. The van der Waals surface area contributed by atoms with Crippen LogP contribution in [0.4, 0.5) is 0 Å². The molecule has 0 rings (SSSR count). The first-order chi connectivity index (χ1) is 43.5. The van der Waals surface area contributed by atoms with E-state index >= 15 is 0 Å². The average Bonchev–Trinajstić information content (AvgIpc) is 3.64. The van der Waals surface area contributed by atoms with Gasteiger partial charge in [-0.05, 0) is 31.6 Å². The maximum atomic E-state index is 13.0. The van der Waals surface area contributed by atoms with E-state index in [9.17, 15) is 43.2 Å². The number of esters is 4. The molecule has 0 aromatic carbocycles. The van der Waals surface area contributed by atoms with Gasteiger partial charge in [-0.1, -0.05) is 317 Å². The second-order valence-corrected chi connectivity index (χ2v) is 29.0. The number of carbonyl (C=O) groups excluding carboxylic acids is 4. The fourth-order valence-electron chi connectivity index (χ4n) is 10.8. The van der Waals surface area contributed by atoms with Gasteiger partial charge in [-0.25, -0.2) is 9.13 Å². The normalized spacial score (nSPS) is 14.1. The number of aliphatic hydroxyl groups excluding tert-OH is 1. The minimum Gasteiger partial charge on any atom is -0.462 e. The maximum Gasteiger partial charge on any atom is 0.472 e. The first-order valence-corrected chi connectivity index (χ1v) is 40.1. The lowest BCUT2D eigenvalue weighted by atomic mass is 10.0. The Kier molecular flexibility index (Phi) is 63.0. The van der Waals surface area contributed by atoms with Gasteiger partial charge in [-0.3, -0.25) is 37.3 Å². The second kappa shape index (κ2) is 64.4. The number of unbranched alkanes of at least 4 members (excludes halogenated alkanes) is 43. The molecule has 90 heavy (non-hydrogen) atoms. The van der Waals surface area contributed by atoms with E-state index in [-0.39, 0.29) is 25.7 Å². The summed E-state index contributed by atoms with van der Waals surface area (Å²) >= 11 is 0. The molecule has 17 nitrogen and oxygen atoms in total. The van der Waals surface area contributed by atoms with E-state index in [1.807, 2.05) is 0 Å². The van der Waals surface area contributed by atoms with Crippen molar-refractivity contribution in [1.29, 1.82) is 0 Å². The fraction of sp³-hybridized carbons (Fsp3) is 0.944. The summed E-state index contributed by atoms with van der Waals surface area (Å²) in [5.74, 6) is -1.34. The molecule has 0 spiro atoms. The molecule has 5 atom stereocenters. The Morgan fingerprint density at radius 2 is 0.511 bits per heavy atom.